The van der Waals surface area contributed by atoms with E-state index in [4.69, 9.17) is 4.74 Å². The molecule has 4 nitrogen and oxygen atoms in total. The van der Waals surface area contributed by atoms with Crippen LogP contribution in [-0.4, -0.2) is 37.2 Å². The van der Waals surface area contributed by atoms with Crippen molar-refractivity contribution in [3.05, 3.63) is 71.8 Å². The molecule has 1 fully saturated rings. The maximum Gasteiger partial charge on any atom is 0.411 e. The highest BCUT2D eigenvalue weighted by molar-refractivity contribution is 7.98. The van der Waals surface area contributed by atoms with Gasteiger partial charge >= 0.3 is 6.09 Å². The Hall–Kier alpha value is -2.50. The van der Waals surface area contributed by atoms with E-state index in [1.165, 1.54) is 41.2 Å². The number of nitrogens with zero attached hydrogens (tertiary/aromatic N) is 1. The zero-order valence-electron chi connectivity index (χ0n) is 18.1. The summed E-state index contributed by atoms with van der Waals surface area (Å²) in [7, 11) is 0. The summed E-state index contributed by atoms with van der Waals surface area (Å²) < 4.78 is 5.44. The Labute approximate surface area is 189 Å². The van der Waals surface area contributed by atoms with Crippen molar-refractivity contribution in [1.82, 2.24) is 4.90 Å². The smallest absolute Gasteiger partial charge is 0.411 e. The number of aryl methyl sites for hydroxylation is 1. The van der Waals surface area contributed by atoms with Gasteiger partial charge in [0.25, 0.3) is 0 Å². The van der Waals surface area contributed by atoms with Crippen molar-refractivity contribution >= 4 is 34.3 Å². The van der Waals surface area contributed by atoms with Crippen LogP contribution < -0.4 is 5.32 Å². The quantitative estimate of drug-likeness (QED) is 0.432. The zero-order chi connectivity index (χ0) is 21.5. The molecule has 4 rings (SSSR count). The Morgan fingerprint density at radius 1 is 1.00 bits per heavy atom. The number of thioether (sulfide) groups is 1. The number of amides is 1. The molecule has 31 heavy (non-hydrogen) atoms. The number of anilines is 1. The van der Waals surface area contributed by atoms with Crippen LogP contribution in [0, 0.1) is 6.92 Å². The average Bonchev–Trinajstić information content (AvgIpc) is 2.80. The number of hydrogen-bond acceptors (Lipinski definition) is 4. The van der Waals surface area contributed by atoms with Gasteiger partial charge in [-0.1, -0.05) is 55.0 Å². The summed E-state index contributed by atoms with van der Waals surface area (Å²) in [6.07, 6.45) is 3.41. The fraction of sp³-hybridized carbons (Fsp3) is 0.346. The number of likely N-dealkylation sites (tertiary alicyclic amines) is 1. The number of fused-ring (bicyclic) bond motifs is 1. The summed E-state index contributed by atoms with van der Waals surface area (Å²) in [5.74, 6) is 0.843. The maximum atomic E-state index is 12.3. The highest BCUT2D eigenvalue weighted by atomic mass is 32.2. The topological polar surface area (TPSA) is 41.6 Å². The van der Waals surface area contributed by atoms with Gasteiger partial charge in [-0.15, -0.1) is 11.8 Å². The van der Waals surface area contributed by atoms with Gasteiger partial charge in [0.15, 0.2) is 0 Å². The Morgan fingerprint density at radius 3 is 2.65 bits per heavy atom. The molecule has 1 saturated heterocycles. The number of piperidine rings is 1. The van der Waals surface area contributed by atoms with Crippen LogP contribution >= 0.6 is 11.8 Å². The molecular formula is C26H30N2O2S. The van der Waals surface area contributed by atoms with E-state index >= 15 is 0 Å². The first-order valence-corrected chi connectivity index (χ1v) is 12.0. The van der Waals surface area contributed by atoms with Crippen LogP contribution in [-0.2, 0) is 10.5 Å². The van der Waals surface area contributed by atoms with Gasteiger partial charge < -0.3 is 4.74 Å². The first-order chi connectivity index (χ1) is 15.2. The van der Waals surface area contributed by atoms with Crippen molar-refractivity contribution in [2.45, 2.75) is 36.8 Å². The predicted octanol–water partition coefficient (Wildman–Crippen LogP) is 6.47. The number of carbonyl (C=O) groups is 1. The number of benzene rings is 3. The molecule has 1 amide bonds. The lowest BCUT2D eigenvalue weighted by molar-refractivity contribution is 0.131. The minimum absolute atomic E-state index is 0.383. The highest BCUT2D eigenvalue weighted by Crippen LogP contribution is 2.33. The molecule has 0 bridgehead atoms. The van der Waals surface area contributed by atoms with Crippen LogP contribution in [0.4, 0.5) is 10.5 Å². The molecule has 0 unspecified atom stereocenters. The number of hydrogen-bond donors (Lipinski definition) is 1. The van der Waals surface area contributed by atoms with Crippen molar-refractivity contribution in [2.24, 2.45) is 0 Å². The molecule has 0 spiro atoms. The lowest BCUT2D eigenvalue weighted by Crippen LogP contribution is -2.33. The summed E-state index contributed by atoms with van der Waals surface area (Å²) in [5.41, 5.74) is 3.42. The molecule has 0 aromatic heterocycles. The first-order valence-electron chi connectivity index (χ1n) is 11.1. The minimum atomic E-state index is -0.383. The van der Waals surface area contributed by atoms with E-state index in [9.17, 15) is 4.79 Å². The van der Waals surface area contributed by atoms with Crippen molar-refractivity contribution in [2.75, 3.05) is 31.6 Å². The number of carbonyl (C=O) groups excluding carboxylic acids is 1. The SMILES string of the molecule is Cc1ccc2ccccc2c1CSc1ccccc1NC(=O)OCCN1CCCCC1. The van der Waals surface area contributed by atoms with Crippen molar-refractivity contribution < 1.29 is 9.53 Å². The summed E-state index contributed by atoms with van der Waals surface area (Å²) in [6.45, 7) is 5.61. The molecule has 1 N–H and O–H groups in total. The number of para-hydroxylation sites is 1. The van der Waals surface area contributed by atoms with Crippen LogP contribution in [0.3, 0.4) is 0 Å². The molecule has 1 aliphatic rings. The van der Waals surface area contributed by atoms with Crippen LogP contribution in [0.15, 0.2) is 65.6 Å². The minimum Gasteiger partial charge on any atom is -0.448 e. The second-order valence-corrected chi connectivity index (χ2v) is 9.05. The van der Waals surface area contributed by atoms with Gasteiger partial charge in [0.1, 0.15) is 6.61 Å². The molecule has 0 saturated carbocycles. The standard InChI is InChI=1S/C26H30N2O2S/c1-20-13-14-21-9-3-4-10-22(21)23(20)19-31-25-12-6-5-11-24(25)27-26(29)30-18-17-28-15-7-2-8-16-28/h3-6,9-14H,2,7-8,15-19H2,1H3,(H,27,29). The molecule has 0 radical (unpaired) electrons. The monoisotopic (exact) mass is 434 g/mol. The van der Waals surface area contributed by atoms with Crippen LogP contribution in [0.2, 0.25) is 0 Å². The van der Waals surface area contributed by atoms with Gasteiger partial charge in [-0.2, -0.15) is 0 Å². The molecule has 1 aliphatic heterocycles. The third kappa shape index (κ3) is 5.81. The van der Waals surface area contributed by atoms with Gasteiger partial charge in [-0.05, 0) is 66.9 Å². The van der Waals surface area contributed by atoms with Gasteiger partial charge in [-0.3, -0.25) is 10.2 Å². The Bertz CT molecular complexity index is 1030. The predicted molar refractivity (Wildman–Crippen MR) is 130 cm³/mol. The van der Waals surface area contributed by atoms with E-state index in [-0.39, 0.29) is 6.09 Å². The summed E-state index contributed by atoms with van der Waals surface area (Å²) >= 11 is 1.74. The van der Waals surface area contributed by atoms with Gasteiger partial charge in [-0.25, -0.2) is 4.79 Å². The van der Waals surface area contributed by atoms with Gasteiger partial charge in [0.2, 0.25) is 0 Å². The van der Waals surface area contributed by atoms with Crippen LogP contribution in [0.5, 0.6) is 0 Å². The van der Waals surface area contributed by atoms with Crippen LogP contribution in [0.25, 0.3) is 10.8 Å². The van der Waals surface area contributed by atoms with E-state index in [0.29, 0.717) is 6.61 Å². The second kappa shape index (κ2) is 10.7. The molecule has 1 heterocycles. The molecule has 3 aromatic carbocycles. The van der Waals surface area contributed by atoms with E-state index in [1.807, 2.05) is 18.2 Å². The number of nitrogens with one attached hydrogen (secondary N) is 1. The lowest BCUT2D eigenvalue weighted by atomic mass is 10.0. The van der Waals surface area contributed by atoms with Crippen molar-refractivity contribution in [3.63, 3.8) is 0 Å². The molecular weight excluding hydrogens is 404 g/mol. The largest absolute Gasteiger partial charge is 0.448 e. The molecule has 0 aliphatic carbocycles. The normalized spacial score (nSPS) is 14.5. The fourth-order valence-electron chi connectivity index (χ4n) is 4.08. The van der Waals surface area contributed by atoms with E-state index in [0.717, 1.165) is 36.0 Å². The number of rotatable bonds is 7. The average molecular weight is 435 g/mol. The number of ether oxygens (including phenoxy) is 1. The van der Waals surface area contributed by atoms with Gasteiger partial charge in [0.05, 0.1) is 5.69 Å². The van der Waals surface area contributed by atoms with E-state index in [2.05, 4.69) is 59.6 Å². The Morgan fingerprint density at radius 2 is 1.77 bits per heavy atom. The maximum absolute atomic E-state index is 12.3. The molecule has 0 atom stereocenters. The molecule has 3 aromatic rings. The summed E-state index contributed by atoms with van der Waals surface area (Å²) in [5, 5.41) is 5.48. The van der Waals surface area contributed by atoms with E-state index in [1.54, 1.807) is 11.8 Å². The molecule has 5 heteroatoms. The van der Waals surface area contributed by atoms with E-state index < -0.39 is 0 Å². The summed E-state index contributed by atoms with van der Waals surface area (Å²) in [4.78, 5) is 15.8. The lowest BCUT2D eigenvalue weighted by Gasteiger charge is -2.25. The van der Waals surface area contributed by atoms with Crippen molar-refractivity contribution in [3.8, 4) is 0 Å². The van der Waals surface area contributed by atoms with Gasteiger partial charge in [0, 0.05) is 17.2 Å². The second-order valence-electron chi connectivity index (χ2n) is 8.03. The Kier molecular flexibility index (Phi) is 7.49. The first kappa shape index (κ1) is 21.7. The highest BCUT2D eigenvalue weighted by Gasteiger charge is 2.13. The third-order valence-corrected chi connectivity index (χ3v) is 6.96. The Balaban J connectivity index is 1.36. The van der Waals surface area contributed by atoms with Crippen molar-refractivity contribution in [1.29, 1.82) is 0 Å². The fourth-order valence-corrected chi connectivity index (χ4v) is 5.21. The molecule has 162 valence electrons. The summed E-state index contributed by atoms with van der Waals surface area (Å²) in [6, 6.07) is 20.8. The zero-order valence-corrected chi connectivity index (χ0v) is 18.9. The van der Waals surface area contributed by atoms with Crippen LogP contribution in [0.1, 0.15) is 30.4 Å². The third-order valence-electron chi connectivity index (χ3n) is 5.86.